The smallest absolute Gasteiger partial charge is 0.225 e. The number of carbonyl (C=O) groups is 2. The van der Waals surface area contributed by atoms with Crippen LogP contribution in [0.3, 0.4) is 0 Å². The maximum Gasteiger partial charge on any atom is 0.225 e. The van der Waals surface area contributed by atoms with Gasteiger partial charge in [-0.15, -0.1) is 0 Å². The molecule has 2 fully saturated rings. The number of hydrogen-bond donors (Lipinski definition) is 1. The Labute approximate surface area is 150 Å². The van der Waals surface area contributed by atoms with Crippen LogP contribution in [0.5, 0.6) is 0 Å². The van der Waals surface area contributed by atoms with E-state index in [1.54, 1.807) is 0 Å². The van der Waals surface area contributed by atoms with Crippen LogP contribution in [-0.2, 0) is 16.1 Å². The lowest BCUT2D eigenvalue weighted by atomic mass is 9.95. The van der Waals surface area contributed by atoms with Crippen molar-refractivity contribution in [3.63, 3.8) is 0 Å². The van der Waals surface area contributed by atoms with E-state index in [0.29, 0.717) is 12.5 Å². The molecule has 5 nitrogen and oxygen atoms in total. The standard InChI is InChI=1S/C20H29N3O2/c1-22(15-16-5-3-2-4-6-16)14-11-21-19(24)17-9-12-23(13-10-17)20(25)18-7-8-18/h2-6,17-18H,7-15H2,1H3,(H,21,24). The molecule has 1 saturated heterocycles. The number of likely N-dealkylation sites (tertiary alicyclic amines) is 1. The third kappa shape index (κ3) is 5.30. The van der Waals surface area contributed by atoms with E-state index in [2.05, 4.69) is 29.4 Å². The van der Waals surface area contributed by atoms with Gasteiger partial charge in [-0.3, -0.25) is 9.59 Å². The van der Waals surface area contributed by atoms with Crippen LogP contribution in [0.25, 0.3) is 0 Å². The number of likely N-dealkylation sites (N-methyl/N-ethyl adjacent to an activating group) is 1. The van der Waals surface area contributed by atoms with Crippen molar-refractivity contribution >= 4 is 11.8 Å². The zero-order valence-electron chi connectivity index (χ0n) is 15.1. The summed E-state index contributed by atoms with van der Waals surface area (Å²) in [5, 5.41) is 3.06. The third-order valence-electron chi connectivity index (χ3n) is 5.19. The highest BCUT2D eigenvalue weighted by atomic mass is 16.2. The van der Waals surface area contributed by atoms with E-state index in [1.807, 2.05) is 23.1 Å². The van der Waals surface area contributed by atoms with Gasteiger partial charge in [0.1, 0.15) is 0 Å². The lowest BCUT2D eigenvalue weighted by Gasteiger charge is -2.31. The van der Waals surface area contributed by atoms with Crippen LogP contribution in [-0.4, -0.2) is 54.8 Å². The Morgan fingerprint density at radius 1 is 1.08 bits per heavy atom. The molecule has 136 valence electrons. The summed E-state index contributed by atoms with van der Waals surface area (Å²) in [6, 6.07) is 10.3. The van der Waals surface area contributed by atoms with E-state index in [9.17, 15) is 9.59 Å². The fourth-order valence-electron chi connectivity index (χ4n) is 3.44. The Morgan fingerprint density at radius 2 is 1.76 bits per heavy atom. The molecule has 0 bridgehead atoms. The number of benzene rings is 1. The Bertz CT molecular complexity index is 578. The third-order valence-corrected chi connectivity index (χ3v) is 5.19. The second-order valence-corrected chi connectivity index (χ2v) is 7.39. The molecule has 1 N–H and O–H groups in total. The van der Waals surface area contributed by atoms with E-state index in [-0.39, 0.29) is 17.7 Å². The van der Waals surface area contributed by atoms with Gasteiger partial charge in [0.05, 0.1) is 0 Å². The largest absolute Gasteiger partial charge is 0.355 e. The Hall–Kier alpha value is -1.88. The van der Waals surface area contributed by atoms with Crippen LogP contribution in [0.1, 0.15) is 31.2 Å². The predicted octanol–water partition coefficient (Wildman–Crippen LogP) is 1.88. The van der Waals surface area contributed by atoms with Crippen molar-refractivity contribution in [2.75, 3.05) is 33.2 Å². The lowest BCUT2D eigenvalue weighted by Crippen LogP contribution is -2.44. The number of nitrogens with one attached hydrogen (secondary N) is 1. The van der Waals surface area contributed by atoms with Crippen LogP contribution in [0.2, 0.25) is 0 Å². The summed E-state index contributed by atoms with van der Waals surface area (Å²) >= 11 is 0. The Kier molecular flexibility index (Phi) is 6.08. The highest BCUT2D eigenvalue weighted by Crippen LogP contribution is 2.32. The Morgan fingerprint density at radius 3 is 2.40 bits per heavy atom. The molecule has 1 aliphatic carbocycles. The predicted molar refractivity (Wildman–Crippen MR) is 97.8 cm³/mol. The average Bonchev–Trinajstić information content (AvgIpc) is 3.47. The molecule has 0 radical (unpaired) electrons. The van der Waals surface area contributed by atoms with E-state index < -0.39 is 0 Å². The van der Waals surface area contributed by atoms with Gasteiger partial charge in [0.2, 0.25) is 11.8 Å². The zero-order chi connectivity index (χ0) is 17.6. The highest BCUT2D eigenvalue weighted by molar-refractivity contribution is 5.82. The van der Waals surface area contributed by atoms with Crippen molar-refractivity contribution in [3.05, 3.63) is 35.9 Å². The summed E-state index contributed by atoms with van der Waals surface area (Å²) in [5.74, 6) is 0.793. The molecule has 3 rings (SSSR count). The molecule has 1 saturated carbocycles. The van der Waals surface area contributed by atoms with E-state index in [0.717, 1.165) is 51.9 Å². The molecule has 0 atom stereocenters. The normalized spacial score (nSPS) is 18.4. The van der Waals surface area contributed by atoms with Gasteiger partial charge in [-0.25, -0.2) is 0 Å². The number of amides is 2. The number of rotatable bonds is 7. The van der Waals surface area contributed by atoms with Gasteiger partial charge < -0.3 is 15.1 Å². The van der Waals surface area contributed by atoms with Gasteiger partial charge in [0.25, 0.3) is 0 Å². The van der Waals surface area contributed by atoms with Crippen LogP contribution in [0, 0.1) is 11.8 Å². The first kappa shape index (κ1) is 17.9. The molecule has 5 heteroatoms. The molecule has 1 aromatic rings. The van der Waals surface area contributed by atoms with E-state index in [1.165, 1.54) is 5.56 Å². The molecular formula is C20H29N3O2. The van der Waals surface area contributed by atoms with Crippen LogP contribution in [0.15, 0.2) is 30.3 Å². The van der Waals surface area contributed by atoms with Gasteiger partial charge in [0.15, 0.2) is 0 Å². The summed E-state index contributed by atoms with van der Waals surface area (Å²) in [5.41, 5.74) is 1.28. The number of carbonyl (C=O) groups excluding carboxylic acids is 2. The minimum atomic E-state index is 0.0580. The van der Waals surface area contributed by atoms with Crippen molar-refractivity contribution in [2.24, 2.45) is 11.8 Å². The molecule has 1 aromatic carbocycles. The average molecular weight is 343 g/mol. The van der Waals surface area contributed by atoms with Gasteiger partial charge >= 0.3 is 0 Å². The molecule has 0 spiro atoms. The number of hydrogen-bond acceptors (Lipinski definition) is 3. The fourth-order valence-corrected chi connectivity index (χ4v) is 3.44. The SMILES string of the molecule is CN(CCNC(=O)C1CCN(C(=O)C2CC2)CC1)Cc1ccccc1. The first-order valence-corrected chi connectivity index (χ1v) is 9.42. The summed E-state index contributed by atoms with van der Waals surface area (Å²) in [6.07, 6.45) is 3.69. The van der Waals surface area contributed by atoms with Crippen LogP contribution < -0.4 is 5.32 Å². The molecule has 25 heavy (non-hydrogen) atoms. The summed E-state index contributed by atoms with van der Waals surface area (Å²) < 4.78 is 0. The highest BCUT2D eigenvalue weighted by Gasteiger charge is 2.35. The van der Waals surface area contributed by atoms with Gasteiger partial charge in [0, 0.05) is 44.6 Å². The minimum absolute atomic E-state index is 0.0580. The van der Waals surface area contributed by atoms with Crippen molar-refractivity contribution in [2.45, 2.75) is 32.2 Å². The summed E-state index contributed by atoms with van der Waals surface area (Å²) in [7, 11) is 2.07. The summed E-state index contributed by atoms with van der Waals surface area (Å²) in [4.78, 5) is 28.5. The molecular weight excluding hydrogens is 314 g/mol. The minimum Gasteiger partial charge on any atom is -0.355 e. The number of nitrogens with zero attached hydrogens (tertiary/aromatic N) is 2. The van der Waals surface area contributed by atoms with Gasteiger partial charge in [-0.1, -0.05) is 30.3 Å². The maximum atomic E-state index is 12.3. The molecule has 0 aromatic heterocycles. The topological polar surface area (TPSA) is 52.7 Å². The number of piperidine rings is 1. The Balaban J connectivity index is 1.32. The van der Waals surface area contributed by atoms with Gasteiger partial charge in [-0.2, -0.15) is 0 Å². The van der Waals surface area contributed by atoms with Gasteiger partial charge in [-0.05, 0) is 38.3 Å². The molecule has 1 heterocycles. The maximum absolute atomic E-state index is 12.3. The van der Waals surface area contributed by atoms with Crippen molar-refractivity contribution in [1.29, 1.82) is 0 Å². The molecule has 0 unspecified atom stereocenters. The second kappa shape index (κ2) is 8.48. The first-order valence-electron chi connectivity index (χ1n) is 9.42. The van der Waals surface area contributed by atoms with Crippen LogP contribution in [0.4, 0.5) is 0 Å². The summed E-state index contributed by atoms with van der Waals surface area (Å²) in [6.45, 7) is 3.87. The van der Waals surface area contributed by atoms with Crippen molar-refractivity contribution in [3.8, 4) is 0 Å². The second-order valence-electron chi connectivity index (χ2n) is 7.39. The monoisotopic (exact) mass is 343 g/mol. The lowest BCUT2D eigenvalue weighted by molar-refractivity contribution is -0.136. The van der Waals surface area contributed by atoms with Crippen LogP contribution >= 0.6 is 0 Å². The zero-order valence-corrected chi connectivity index (χ0v) is 15.1. The van der Waals surface area contributed by atoms with E-state index in [4.69, 9.17) is 0 Å². The first-order chi connectivity index (χ1) is 12.1. The van der Waals surface area contributed by atoms with E-state index >= 15 is 0 Å². The molecule has 2 amide bonds. The van der Waals surface area contributed by atoms with Crippen molar-refractivity contribution in [1.82, 2.24) is 15.1 Å². The quantitative estimate of drug-likeness (QED) is 0.822. The molecule has 1 aliphatic heterocycles. The van der Waals surface area contributed by atoms with Crippen molar-refractivity contribution < 1.29 is 9.59 Å². The fraction of sp³-hybridized carbons (Fsp3) is 0.600. The molecule has 2 aliphatic rings.